The number of ether oxygens (including phenoxy) is 1. The van der Waals surface area contributed by atoms with Gasteiger partial charge in [0.25, 0.3) is 0 Å². The zero-order valence-corrected chi connectivity index (χ0v) is 20.3. The lowest BCUT2D eigenvalue weighted by Gasteiger charge is -2.24. The maximum Gasteiger partial charge on any atom is 0.407 e. The Bertz CT molecular complexity index is 1030. The molecule has 7 nitrogen and oxygen atoms in total. The minimum Gasteiger partial charge on any atom is -0.479 e. The third kappa shape index (κ3) is 5.50. The van der Waals surface area contributed by atoms with E-state index in [1.165, 1.54) is 27.2 Å². The predicted molar refractivity (Wildman–Crippen MR) is 133 cm³/mol. The van der Waals surface area contributed by atoms with Crippen LogP contribution in [0.4, 0.5) is 4.79 Å². The lowest BCUT2D eigenvalue weighted by atomic mass is 9.98. The molecule has 2 aromatic rings. The molecule has 0 spiro atoms. The van der Waals surface area contributed by atoms with Crippen molar-refractivity contribution in [3.63, 3.8) is 0 Å². The maximum atomic E-state index is 12.2. The second-order valence-electron chi connectivity index (χ2n) is 9.56. The third-order valence-corrected chi connectivity index (χ3v) is 7.32. The van der Waals surface area contributed by atoms with Crippen LogP contribution in [0.2, 0.25) is 0 Å². The normalized spacial score (nSPS) is 15.1. The molecular formula is C28H34N2O5. The molecule has 1 saturated carbocycles. The first-order valence-electron chi connectivity index (χ1n) is 12.5. The lowest BCUT2D eigenvalue weighted by Crippen LogP contribution is -2.44. The van der Waals surface area contributed by atoms with Crippen molar-refractivity contribution < 1.29 is 24.2 Å². The number of nitrogens with zero attached hydrogens (tertiary/aromatic N) is 1. The van der Waals surface area contributed by atoms with E-state index in [1.54, 1.807) is 7.05 Å². The van der Waals surface area contributed by atoms with Gasteiger partial charge < -0.3 is 20.1 Å². The molecule has 0 aromatic heterocycles. The van der Waals surface area contributed by atoms with Crippen molar-refractivity contribution in [3.05, 3.63) is 59.7 Å². The molecular weight excluding hydrogens is 444 g/mol. The molecule has 2 aliphatic rings. The smallest absolute Gasteiger partial charge is 0.407 e. The van der Waals surface area contributed by atoms with Crippen LogP contribution in [-0.4, -0.2) is 53.7 Å². The van der Waals surface area contributed by atoms with Gasteiger partial charge in [-0.05, 0) is 47.9 Å². The standard InChI is InChI=1S/C28H34N2O5/c1-30(28(16-17-28)26(32)33)25(31)15-5-3-2-4-10-18-29-27(34)35-19-24-22-13-8-6-11-20(22)21-12-7-9-14-23(21)24/h6-9,11-14,24H,2-5,10,15-19H2,1H3,(H,29,34)(H,32,33). The first-order valence-corrected chi connectivity index (χ1v) is 12.5. The van der Waals surface area contributed by atoms with Crippen molar-refractivity contribution in [3.8, 4) is 11.1 Å². The fourth-order valence-electron chi connectivity index (χ4n) is 4.99. The summed E-state index contributed by atoms with van der Waals surface area (Å²) in [4.78, 5) is 37.2. The Morgan fingerprint density at radius 3 is 2.11 bits per heavy atom. The topological polar surface area (TPSA) is 95.9 Å². The fourth-order valence-corrected chi connectivity index (χ4v) is 4.99. The van der Waals surface area contributed by atoms with Gasteiger partial charge in [0.1, 0.15) is 12.1 Å². The number of aliphatic carboxylic acids is 1. The summed E-state index contributed by atoms with van der Waals surface area (Å²) in [5.41, 5.74) is 3.85. The number of hydrogen-bond donors (Lipinski definition) is 2. The summed E-state index contributed by atoms with van der Waals surface area (Å²) in [5, 5.41) is 12.1. The molecule has 0 saturated heterocycles. The van der Waals surface area contributed by atoms with E-state index in [2.05, 4.69) is 29.6 Å². The summed E-state index contributed by atoms with van der Waals surface area (Å²) in [6.07, 6.45) is 5.49. The number of carboxylic acids is 1. The highest BCUT2D eigenvalue weighted by atomic mass is 16.5. The highest BCUT2D eigenvalue weighted by Crippen LogP contribution is 2.44. The summed E-state index contributed by atoms with van der Waals surface area (Å²) in [7, 11) is 1.60. The van der Waals surface area contributed by atoms with Crippen LogP contribution in [0, 0.1) is 0 Å². The van der Waals surface area contributed by atoms with E-state index in [4.69, 9.17) is 4.74 Å². The molecule has 0 unspecified atom stereocenters. The minimum atomic E-state index is -0.956. The number of rotatable bonds is 12. The van der Waals surface area contributed by atoms with Crippen LogP contribution in [0.1, 0.15) is 68.4 Å². The molecule has 0 bridgehead atoms. The SMILES string of the molecule is CN(C(=O)CCCCCCCNC(=O)OCC1c2ccccc2-c2ccccc21)C1(C(=O)O)CC1. The Hall–Kier alpha value is -3.35. The summed E-state index contributed by atoms with van der Waals surface area (Å²) < 4.78 is 5.55. The van der Waals surface area contributed by atoms with Gasteiger partial charge >= 0.3 is 12.1 Å². The highest BCUT2D eigenvalue weighted by molar-refractivity contribution is 5.89. The summed E-state index contributed by atoms with van der Waals surface area (Å²) in [6.45, 7) is 0.866. The van der Waals surface area contributed by atoms with Gasteiger partial charge in [-0.15, -0.1) is 0 Å². The van der Waals surface area contributed by atoms with E-state index in [-0.39, 0.29) is 11.8 Å². The van der Waals surface area contributed by atoms with Gasteiger partial charge in [-0.2, -0.15) is 0 Å². The van der Waals surface area contributed by atoms with E-state index in [0.29, 0.717) is 32.4 Å². The quantitative estimate of drug-likeness (QED) is 0.421. The molecule has 4 rings (SSSR count). The first-order chi connectivity index (χ1) is 16.9. The molecule has 1 fully saturated rings. The molecule has 35 heavy (non-hydrogen) atoms. The summed E-state index contributed by atoms with van der Waals surface area (Å²) in [6, 6.07) is 16.5. The molecule has 0 radical (unpaired) electrons. The Morgan fingerprint density at radius 1 is 0.943 bits per heavy atom. The van der Waals surface area contributed by atoms with Crippen molar-refractivity contribution in [1.82, 2.24) is 10.2 Å². The largest absolute Gasteiger partial charge is 0.479 e. The molecule has 2 aliphatic carbocycles. The number of fused-ring (bicyclic) bond motifs is 3. The lowest BCUT2D eigenvalue weighted by molar-refractivity contribution is -0.151. The number of hydrogen-bond acceptors (Lipinski definition) is 4. The highest BCUT2D eigenvalue weighted by Gasteiger charge is 2.55. The van der Waals surface area contributed by atoms with Crippen molar-refractivity contribution in [1.29, 1.82) is 0 Å². The number of carboxylic acid groups (broad SMARTS) is 1. The molecule has 2 aromatic carbocycles. The van der Waals surface area contributed by atoms with Gasteiger partial charge in [0.15, 0.2) is 0 Å². The third-order valence-electron chi connectivity index (χ3n) is 7.32. The van der Waals surface area contributed by atoms with E-state index in [0.717, 1.165) is 32.1 Å². The number of likely N-dealkylation sites (N-methyl/N-ethyl adjacent to an activating group) is 1. The monoisotopic (exact) mass is 478 g/mol. The van der Waals surface area contributed by atoms with Gasteiger partial charge in [0, 0.05) is 25.9 Å². The Balaban J connectivity index is 1.08. The second kappa shape index (κ2) is 10.9. The van der Waals surface area contributed by atoms with Gasteiger partial charge in [0.05, 0.1) is 0 Å². The van der Waals surface area contributed by atoms with Gasteiger partial charge in [0.2, 0.25) is 5.91 Å². The zero-order valence-electron chi connectivity index (χ0n) is 20.3. The number of nitrogens with one attached hydrogen (secondary N) is 1. The molecule has 0 atom stereocenters. The number of amides is 2. The molecule has 7 heteroatoms. The summed E-state index contributed by atoms with van der Waals surface area (Å²) >= 11 is 0. The molecule has 186 valence electrons. The fraction of sp³-hybridized carbons (Fsp3) is 0.464. The van der Waals surface area contributed by atoms with E-state index in [9.17, 15) is 19.5 Å². The zero-order chi connectivity index (χ0) is 24.8. The Kier molecular flexibility index (Phi) is 7.73. The van der Waals surface area contributed by atoms with Gasteiger partial charge in [-0.3, -0.25) is 4.79 Å². The number of carbonyl (C=O) groups excluding carboxylic acids is 2. The van der Waals surface area contributed by atoms with Crippen LogP contribution >= 0.6 is 0 Å². The second-order valence-corrected chi connectivity index (χ2v) is 9.56. The number of carbonyl (C=O) groups is 3. The Labute approximate surface area is 206 Å². The van der Waals surface area contributed by atoms with Gasteiger partial charge in [-0.1, -0.05) is 67.8 Å². The van der Waals surface area contributed by atoms with E-state index in [1.807, 2.05) is 24.3 Å². The van der Waals surface area contributed by atoms with Crippen LogP contribution < -0.4 is 5.32 Å². The Morgan fingerprint density at radius 2 is 1.51 bits per heavy atom. The van der Waals surface area contributed by atoms with Crippen molar-refractivity contribution in [2.24, 2.45) is 0 Å². The minimum absolute atomic E-state index is 0.0557. The van der Waals surface area contributed by atoms with Crippen molar-refractivity contribution in [2.75, 3.05) is 20.2 Å². The number of benzene rings is 2. The average Bonchev–Trinajstić information content (AvgIpc) is 3.62. The molecule has 0 aliphatic heterocycles. The van der Waals surface area contributed by atoms with Crippen LogP contribution in [0.5, 0.6) is 0 Å². The van der Waals surface area contributed by atoms with Crippen molar-refractivity contribution in [2.45, 2.75) is 62.8 Å². The van der Waals surface area contributed by atoms with Crippen LogP contribution in [0.15, 0.2) is 48.5 Å². The van der Waals surface area contributed by atoms with Crippen molar-refractivity contribution >= 4 is 18.0 Å². The van der Waals surface area contributed by atoms with E-state index >= 15 is 0 Å². The first kappa shape index (κ1) is 24.8. The molecule has 2 N–H and O–H groups in total. The predicted octanol–water partition coefficient (Wildman–Crippen LogP) is 4.94. The molecule has 2 amide bonds. The van der Waals surface area contributed by atoms with Crippen LogP contribution in [0.25, 0.3) is 11.1 Å². The van der Waals surface area contributed by atoms with E-state index < -0.39 is 17.6 Å². The van der Waals surface area contributed by atoms with Gasteiger partial charge in [-0.25, -0.2) is 9.59 Å². The average molecular weight is 479 g/mol. The van der Waals surface area contributed by atoms with Crippen LogP contribution in [0.3, 0.4) is 0 Å². The number of unbranched alkanes of at least 4 members (excludes halogenated alkanes) is 4. The summed E-state index contributed by atoms with van der Waals surface area (Å²) in [5.74, 6) is -0.945. The molecule has 0 heterocycles. The van der Waals surface area contributed by atoms with Crippen LogP contribution in [-0.2, 0) is 14.3 Å². The number of alkyl carbamates (subject to hydrolysis) is 1. The maximum absolute atomic E-state index is 12.2.